The van der Waals surface area contributed by atoms with Gasteiger partial charge in [0, 0.05) is 18.2 Å². The van der Waals surface area contributed by atoms with Crippen molar-refractivity contribution in [3.05, 3.63) is 34.7 Å². The number of hydrogen-bond acceptors (Lipinski definition) is 5. The van der Waals surface area contributed by atoms with Crippen LogP contribution in [-0.2, 0) is 0 Å². The molecule has 0 fully saturated rings. The van der Waals surface area contributed by atoms with Crippen LogP contribution in [0.1, 0.15) is 11.4 Å². The van der Waals surface area contributed by atoms with Crippen molar-refractivity contribution in [1.82, 2.24) is 9.97 Å². The fraction of sp³-hybridized carbons (Fsp3) is 0.286. The summed E-state index contributed by atoms with van der Waals surface area (Å²) in [5.74, 6) is 2.00. The zero-order valence-electron chi connectivity index (χ0n) is 11.7. The summed E-state index contributed by atoms with van der Waals surface area (Å²) in [5, 5.41) is 0.217. The second-order valence-electron chi connectivity index (χ2n) is 4.14. The van der Waals surface area contributed by atoms with E-state index in [0.29, 0.717) is 17.2 Å². The molecule has 5 nitrogen and oxygen atoms in total. The van der Waals surface area contributed by atoms with E-state index in [1.807, 2.05) is 13.8 Å². The Morgan fingerprint density at radius 1 is 0.850 bits per heavy atom. The van der Waals surface area contributed by atoms with Gasteiger partial charge in [0.1, 0.15) is 17.2 Å². The smallest absolute Gasteiger partial charge is 0.257 e. The third kappa shape index (κ3) is 3.11. The molecule has 0 saturated carbocycles. The number of rotatable bonds is 4. The Hall–Kier alpha value is -2.01. The molecule has 0 spiro atoms. The standard InChI is InChI=1S/C14H15ClN2O3/c1-8-9(2)17-14(13(15)16-8)20-12-6-10(18-3)5-11(7-12)19-4/h5-7H,1-4H3. The number of hydrogen-bond donors (Lipinski definition) is 0. The fourth-order valence-electron chi connectivity index (χ4n) is 1.57. The Kier molecular flexibility index (Phi) is 4.29. The van der Waals surface area contributed by atoms with E-state index in [0.717, 1.165) is 11.4 Å². The Morgan fingerprint density at radius 3 is 1.90 bits per heavy atom. The third-order valence-corrected chi connectivity index (χ3v) is 3.02. The molecule has 0 unspecified atom stereocenters. The van der Waals surface area contributed by atoms with Gasteiger partial charge < -0.3 is 14.2 Å². The van der Waals surface area contributed by atoms with E-state index in [2.05, 4.69) is 9.97 Å². The molecule has 2 rings (SSSR count). The van der Waals surface area contributed by atoms with Crippen LogP contribution < -0.4 is 14.2 Å². The van der Waals surface area contributed by atoms with Crippen molar-refractivity contribution in [3.8, 4) is 23.1 Å². The topological polar surface area (TPSA) is 53.5 Å². The number of ether oxygens (including phenoxy) is 3. The number of halogens is 1. The van der Waals surface area contributed by atoms with E-state index in [1.165, 1.54) is 0 Å². The molecule has 0 bridgehead atoms. The van der Waals surface area contributed by atoms with E-state index < -0.39 is 0 Å². The van der Waals surface area contributed by atoms with Crippen LogP contribution in [0.2, 0.25) is 5.15 Å². The Bertz CT molecular complexity index is 610. The third-order valence-electron chi connectivity index (χ3n) is 2.77. The number of benzene rings is 1. The molecule has 106 valence electrons. The van der Waals surface area contributed by atoms with Crippen molar-refractivity contribution in [2.75, 3.05) is 14.2 Å². The molecule has 1 aromatic heterocycles. The number of aromatic nitrogens is 2. The van der Waals surface area contributed by atoms with Crippen molar-refractivity contribution < 1.29 is 14.2 Å². The van der Waals surface area contributed by atoms with Gasteiger partial charge in [-0.2, -0.15) is 0 Å². The van der Waals surface area contributed by atoms with Crippen LogP contribution in [0.3, 0.4) is 0 Å². The van der Waals surface area contributed by atoms with Gasteiger partial charge in [-0.05, 0) is 13.8 Å². The van der Waals surface area contributed by atoms with Gasteiger partial charge in [-0.25, -0.2) is 9.97 Å². The van der Waals surface area contributed by atoms with Crippen molar-refractivity contribution >= 4 is 11.6 Å². The molecule has 6 heteroatoms. The first-order valence-electron chi connectivity index (χ1n) is 5.95. The molecule has 0 atom stereocenters. The normalized spacial score (nSPS) is 10.2. The lowest BCUT2D eigenvalue weighted by atomic mass is 10.3. The lowest BCUT2D eigenvalue weighted by Crippen LogP contribution is -1.98. The van der Waals surface area contributed by atoms with E-state index >= 15 is 0 Å². The predicted molar refractivity (Wildman–Crippen MR) is 76.1 cm³/mol. The first-order chi connectivity index (χ1) is 9.53. The van der Waals surface area contributed by atoms with Gasteiger partial charge in [0.25, 0.3) is 5.88 Å². The van der Waals surface area contributed by atoms with Gasteiger partial charge in [0.2, 0.25) is 0 Å². The quantitative estimate of drug-likeness (QED) is 0.863. The van der Waals surface area contributed by atoms with Crippen LogP contribution in [-0.4, -0.2) is 24.2 Å². The van der Waals surface area contributed by atoms with Crippen LogP contribution in [0.4, 0.5) is 0 Å². The number of methoxy groups -OCH3 is 2. The highest BCUT2D eigenvalue weighted by Crippen LogP contribution is 2.32. The minimum Gasteiger partial charge on any atom is -0.496 e. The maximum Gasteiger partial charge on any atom is 0.257 e. The molecule has 0 N–H and O–H groups in total. The summed E-state index contributed by atoms with van der Waals surface area (Å²) in [6, 6.07) is 5.19. The van der Waals surface area contributed by atoms with Gasteiger partial charge >= 0.3 is 0 Å². The minimum absolute atomic E-state index is 0.217. The zero-order chi connectivity index (χ0) is 14.7. The highest BCUT2D eigenvalue weighted by molar-refractivity contribution is 6.30. The second kappa shape index (κ2) is 5.96. The van der Waals surface area contributed by atoms with E-state index in [9.17, 15) is 0 Å². The van der Waals surface area contributed by atoms with Gasteiger partial charge in [-0.1, -0.05) is 11.6 Å². The summed E-state index contributed by atoms with van der Waals surface area (Å²) in [7, 11) is 3.14. The van der Waals surface area contributed by atoms with Crippen LogP contribution >= 0.6 is 11.6 Å². The van der Waals surface area contributed by atoms with Gasteiger partial charge in [0.05, 0.1) is 25.6 Å². The molecule has 0 amide bonds. The van der Waals surface area contributed by atoms with Crippen LogP contribution in [0.5, 0.6) is 23.1 Å². The summed E-state index contributed by atoms with van der Waals surface area (Å²) in [6.45, 7) is 3.68. The highest BCUT2D eigenvalue weighted by atomic mass is 35.5. The average Bonchev–Trinajstić information content (AvgIpc) is 2.44. The van der Waals surface area contributed by atoms with E-state index in [-0.39, 0.29) is 11.0 Å². The SMILES string of the molecule is COc1cc(OC)cc(Oc2nc(C)c(C)nc2Cl)c1. The summed E-state index contributed by atoms with van der Waals surface area (Å²) < 4.78 is 16.0. The van der Waals surface area contributed by atoms with Crippen LogP contribution in [0.25, 0.3) is 0 Å². The molecule has 1 aromatic carbocycles. The first kappa shape index (κ1) is 14.4. The van der Waals surface area contributed by atoms with Gasteiger partial charge in [0.15, 0.2) is 5.15 Å². The van der Waals surface area contributed by atoms with Crippen LogP contribution in [0, 0.1) is 13.8 Å². The van der Waals surface area contributed by atoms with Crippen molar-refractivity contribution in [2.24, 2.45) is 0 Å². The van der Waals surface area contributed by atoms with E-state index in [1.54, 1.807) is 32.4 Å². The molecule has 0 aliphatic heterocycles. The summed E-state index contributed by atoms with van der Waals surface area (Å²) >= 11 is 6.04. The lowest BCUT2D eigenvalue weighted by Gasteiger charge is -2.11. The Balaban J connectivity index is 2.36. The van der Waals surface area contributed by atoms with Gasteiger partial charge in [-0.15, -0.1) is 0 Å². The minimum atomic E-state index is 0.217. The molecule has 0 saturated heterocycles. The second-order valence-corrected chi connectivity index (χ2v) is 4.50. The molecule has 20 heavy (non-hydrogen) atoms. The fourth-order valence-corrected chi connectivity index (χ4v) is 1.78. The summed E-state index contributed by atoms with van der Waals surface area (Å²) in [5.41, 5.74) is 1.53. The maximum absolute atomic E-state index is 6.04. The predicted octanol–water partition coefficient (Wildman–Crippen LogP) is 3.56. The van der Waals surface area contributed by atoms with E-state index in [4.69, 9.17) is 25.8 Å². The van der Waals surface area contributed by atoms with Gasteiger partial charge in [-0.3, -0.25) is 0 Å². The monoisotopic (exact) mass is 294 g/mol. The van der Waals surface area contributed by atoms with Crippen LogP contribution in [0.15, 0.2) is 18.2 Å². The molecule has 2 aromatic rings. The molecule has 0 radical (unpaired) electrons. The first-order valence-corrected chi connectivity index (χ1v) is 6.33. The zero-order valence-corrected chi connectivity index (χ0v) is 12.5. The number of nitrogens with zero attached hydrogens (tertiary/aromatic N) is 2. The highest BCUT2D eigenvalue weighted by Gasteiger charge is 2.11. The number of aryl methyl sites for hydroxylation is 2. The molecule has 1 heterocycles. The molecular weight excluding hydrogens is 280 g/mol. The summed E-state index contributed by atoms with van der Waals surface area (Å²) in [6.07, 6.45) is 0. The molecular formula is C14H15ClN2O3. The Labute approximate surface area is 122 Å². The van der Waals surface area contributed by atoms with Crippen molar-refractivity contribution in [2.45, 2.75) is 13.8 Å². The average molecular weight is 295 g/mol. The Morgan fingerprint density at radius 2 is 1.35 bits per heavy atom. The molecule has 0 aliphatic rings. The maximum atomic E-state index is 6.04. The van der Waals surface area contributed by atoms with Crippen molar-refractivity contribution in [1.29, 1.82) is 0 Å². The molecule has 0 aliphatic carbocycles. The van der Waals surface area contributed by atoms with Crippen molar-refractivity contribution in [3.63, 3.8) is 0 Å². The lowest BCUT2D eigenvalue weighted by molar-refractivity contribution is 0.384. The summed E-state index contributed by atoms with van der Waals surface area (Å²) in [4.78, 5) is 8.45. The largest absolute Gasteiger partial charge is 0.496 e.